The molecular weight excluding hydrogens is 224 g/mol. The maximum absolute atomic E-state index is 12.4. The largest absolute Gasteiger partial charge is 0.399 e. The molecule has 1 heterocycles. The van der Waals surface area contributed by atoms with Crippen molar-refractivity contribution in [3.8, 4) is 0 Å². The zero-order chi connectivity index (χ0) is 13.1. The van der Waals surface area contributed by atoms with E-state index in [0.717, 1.165) is 24.1 Å². The summed E-state index contributed by atoms with van der Waals surface area (Å²) >= 11 is 0. The van der Waals surface area contributed by atoms with Gasteiger partial charge in [-0.1, -0.05) is 12.1 Å². The first kappa shape index (κ1) is 12.9. The molecule has 0 unspecified atom stereocenters. The van der Waals surface area contributed by atoms with Crippen molar-refractivity contribution in [2.24, 2.45) is 0 Å². The molecular formula is C15H22N2O. The average molecular weight is 246 g/mol. The van der Waals surface area contributed by atoms with Crippen molar-refractivity contribution < 1.29 is 4.79 Å². The van der Waals surface area contributed by atoms with Crippen molar-refractivity contribution in [2.45, 2.75) is 51.6 Å². The van der Waals surface area contributed by atoms with Crippen LogP contribution in [0.4, 0.5) is 5.69 Å². The van der Waals surface area contributed by atoms with E-state index in [1.54, 1.807) is 0 Å². The number of hydrogen-bond donors (Lipinski definition) is 1. The fourth-order valence-corrected chi connectivity index (χ4v) is 2.81. The smallest absolute Gasteiger partial charge is 0.227 e. The Labute approximate surface area is 109 Å². The van der Waals surface area contributed by atoms with Gasteiger partial charge >= 0.3 is 0 Å². The van der Waals surface area contributed by atoms with Crippen LogP contribution in [-0.2, 0) is 11.2 Å². The minimum absolute atomic E-state index is 0.236. The van der Waals surface area contributed by atoms with Gasteiger partial charge < -0.3 is 10.6 Å². The Morgan fingerprint density at radius 3 is 2.33 bits per heavy atom. The molecule has 18 heavy (non-hydrogen) atoms. The molecule has 0 aliphatic carbocycles. The summed E-state index contributed by atoms with van der Waals surface area (Å²) in [5.74, 6) is 0.236. The van der Waals surface area contributed by atoms with Crippen molar-refractivity contribution in [2.75, 3.05) is 5.73 Å². The first-order valence-electron chi connectivity index (χ1n) is 6.73. The van der Waals surface area contributed by atoms with Crippen molar-refractivity contribution in [3.05, 3.63) is 29.8 Å². The fourth-order valence-electron chi connectivity index (χ4n) is 2.81. The summed E-state index contributed by atoms with van der Waals surface area (Å²) in [6, 6.07) is 8.32. The number of benzene rings is 1. The molecule has 3 heteroatoms. The van der Waals surface area contributed by atoms with Crippen LogP contribution in [0.1, 0.15) is 38.7 Å². The topological polar surface area (TPSA) is 46.3 Å². The van der Waals surface area contributed by atoms with Gasteiger partial charge in [-0.25, -0.2) is 0 Å². The van der Waals surface area contributed by atoms with Gasteiger partial charge in [0.2, 0.25) is 5.91 Å². The second kappa shape index (κ2) is 5.42. The molecule has 3 nitrogen and oxygen atoms in total. The molecule has 2 atom stereocenters. The first-order chi connectivity index (χ1) is 8.58. The highest BCUT2D eigenvalue weighted by Crippen LogP contribution is 2.23. The van der Waals surface area contributed by atoms with Crippen molar-refractivity contribution in [1.29, 1.82) is 0 Å². The van der Waals surface area contributed by atoms with E-state index in [-0.39, 0.29) is 5.91 Å². The lowest BCUT2D eigenvalue weighted by Gasteiger charge is -2.39. The van der Waals surface area contributed by atoms with E-state index in [9.17, 15) is 4.79 Å². The standard InChI is InChI=1S/C15H22N2O/c1-11-4-3-5-12(2)17(11)15(18)10-13-6-8-14(16)9-7-13/h6-9,11-12H,3-5,10,16H2,1-2H3/t11-,12-/m1/s1. The molecule has 0 radical (unpaired) electrons. The minimum Gasteiger partial charge on any atom is -0.399 e. The molecule has 98 valence electrons. The van der Waals surface area contributed by atoms with Gasteiger partial charge in [0.1, 0.15) is 0 Å². The maximum atomic E-state index is 12.4. The quantitative estimate of drug-likeness (QED) is 0.815. The number of likely N-dealkylation sites (tertiary alicyclic amines) is 1. The summed E-state index contributed by atoms with van der Waals surface area (Å²) < 4.78 is 0. The summed E-state index contributed by atoms with van der Waals surface area (Å²) in [5, 5.41) is 0. The predicted molar refractivity (Wildman–Crippen MR) is 74.2 cm³/mol. The maximum Gasteiger partial charge on any atom is 0.227 e. The number of rotatable bonds is 2. The molecule has 1 aliphatic rings. The molecule has 0 aromatic heterocycles. The molecule has 0 bridgehead atoms. The normalized spacial score (nSPS) is 24.0. The van der Waals surface area contributed by atoms with E-state index in [1.165, 1.54) is 6.42 Å². The SMILES string of the molecule is C[C@@H]1CCC[C@@H](C)N1C(=O)Cc1ccc(N)cc1. The molecule has 1 aromatic rings. The number of hydrogen-bond acceptors (Lipinski definition) is 2. The van der Waals surface area contributed by atoms with Crippen LogP contribution in [-0.4, -0.2) is 22.9 Å². The summed E-state index contributed by atoms with van der Waals surface area (Å²) in [6.45, 7) is 4.30. The first-order valence-corrected chi connectivity index (χ1v) is 6.73. The van der Waals surface area contributed by atoms with Gasteiger partial charge in [-0.3, -0.25) is 4.79 Å². The van der Waals surface area contributed by atoms with Crippen LogP contribution >= 0.6 is 0 Å². The highest BCUT2D eigenvalue weighted by Gasteiger charge is 2.28. The van der Waals surface area contributed by atoms with E-state index in [4.69, 9.17) is 5.73 Å². The number of carbonyl (C=O) groups is 1. The van der Waals surface area contributed by atoms with E-state index in [1.807, 2.05) is 24.3 Å². The van der Waals surface area contributed by atoms with Crippen LogP contribution in [0, 0.1) is 0 Å². The Balaban J connectivity index is 2.04. The van der Waals surface area contributed by atoms with E-state index in [0.29, 0.717) is 18.5 Å². The van der Waals surface area contributed by atoms with Gasteiger partial charge in [-0.15, -0.1) is 0 Å². The van der Waals surface area contributed by atoms with Crippen LogP contribution in [0.2, 0.25) is 0 Å². The van der Waals surface area contributed by atoms with Gasteiger partial charge in [0.05, 0.1) is 6.42 Å². The molecule has 1 aromatic carbocycles. The summed E-state index contributed by atoms with van der Waals surface area (Å²) in [7, 11) is 0. The molecule has 1 amide bonds. The van der Waals surface area contributed by atoms with Gasteiger partial charge in [0.25, 0.3) is 0 Å². The Kier molecular flexibility index (Phi) is 3.90. The summed E-state index contributed by atoms with van der Waals surface area (Å²) in [4.78, 5) is 14.4. The van der Waals surface area contributed by atoms with Crippen molar-refractivity contribution in [1.82, 2.24) is 4.90 Å². The van der Waals surface area contributed by atoms with Crippen LogP contribution in [0.15, 0.2) is 24.3 Å². The highest BCUT2D eigenvalue weighted by molar-refractivity contribution is 5.79. The van der Waals surface area contributed by atoms with Crippen molar-refractivity contribution >= 4 is 11.6 Å². The second-order valence-electron chi connectivity index (χ2n) is 5.35. The number of anilines is 1. The van der Waals surface area contributed by atoms with Crippen LogP contribution in [0.25, 0.3) is 0 Å². The molecule has 0 spiro atoms. The number of nitrogens with zero attached hydrogens (tertiary/aromatic N) is 1. The van der Waals surface area contributed by atoms with Gasteiger partial charge in [0.15, 0.2) is 0 Å². The Morgan fingerprint density at radius 2 is 1.78 bits per heavy atom. The highest BCUT2D eigenvalue weighted by atomic mass is 16.2. The van der Waals surface area contributed by atoms with E-state index >= 15 is 0 Å². The third kappa shape index (κ3) is 2.84. The number of piperidine rings is 1. The van der Waals surface area contributed by atoms with Crippen LogP contribution < -0.4 is 5.73 Å². The third-order valence-electron chi connectivity index (χ3n) is 3.82. The van der Waals surface area contributed by atoms with Gasteiger partial charge in [0, 0.05) is 17.8 Å². The summed E-state index contributed by atoms with van der Waals surface area (Å²) in [6.07, 6.45) is 3.96. The van der Waals surface area contributed by atoms with E-state index in [2.05, 4.69) is 18.7 Å². The molecule has 2 N–H and O–H groups in total. The Bertz CT molecular complexity index is 403. The van der Waals surface area contributed by atoms with Gasteiger partial charge in [-0.2, -0.15) is 0 Å². The van der Waals surface area contributed by atoms with Gasteiger partial charge in [-0.05, 0) is 50.8 Å². The lowest BCUT2D eigenvalue weighted by molar-refractivity contribution is -0.136. The number of carbonyl (C=O) groups excluding carboxylic acids is 1. The number of amides is 1. The second-order valence-corrected chi connectivity index (χ2v) is 5.35. The molecule has 1 fully saturated rings. The van der Waals surface area contributed by atoms with E-state index < -0.39 is 0 Å². The monoisotopic (exact) mass is 246 g/mol. The van der Waals surface area contributed by atoms with Crippen LogP contribution in [0.5, 0.6) is 0 Å². The molecule has 1 saturated heterocycles. The van der Waals surface area contributed by atoms with Crippen LogP contribution in [0.3, 0.4) is 0 Å². The molecule has 1 aliphatic heterocycles. The predicted octanol–water partition coefficient (Wildman–Crippen LogP) is 2.60. The van der Waals surface area contributed by atoms with Crippen molar-refractivity contribution in [3.63, 3.8) is 0 Å². The number of nitrogens with two attached hydrogens (primary N) is 1. The fraction of sp³-hybridized carbons (Fsp3) is 0.533. The third-order valence-corrected chi connectivity index (χ3v) is 3.82. The average Bonchev–Trinajstić information content (AvgIpc) is 2.32. The number of nitrogen functional groups attached to an aromatic ring is 1. The molecule has 2 rings (SSSR count). The Morgan fingerprint density at radius 1 is 1.22 bits per heavy atom. The lowest BCUT2D eigenvalue weighted by Crippen LogP contribution is -2.48. The summed E-state index contributed by atoms with van der Waals surface area (Å²) in [5.41, 5.74) is 7.43. The lowest BCUT2D eigenvalue weighted by atomic mass is 9.96. The zero-order valence-corrected chi connectivity index (χ0v) is 11.2. The zero-order valence-electron chi connectivity index (χ0n) is 11.2. The molecule has 0 saturated carbocycles. The minimum atomic E-state index is 0.236. The Hall–Kier alpha value is -1.51.